The molecule has 0 aliphatic heterocycles. The third-order valence-electron chi connectivity index (χ3n) is 2.78. The molecular formula is C14H11F3N2S. The summed E-state index contributed by atoms with van der Waals surface area (Å²) in [6.45, 7) is 1.58. The van der Waals surface area contributed by atoms with Gasteiger partial charge < -0.3 is 11.1 Å². The van der Waals surface area contributed by atoms with Crippen molar-refractivity contribution in [2.45, 2.75) is 6.92 Å². The number of hydrogen-bond acceptors (Lipinski definition) is 2. The molecule has 0 radical (unpaired) electrons. The van der Waals surface area contributed by atoms with Crippen LogP contribution in [0.2, 0.25) is 0 Å². The fourth-order valence-corrected chi connectivity index (χ4v) is 1.87. The van der Waals surface area contributed by atoms with Gasteiger partial charge >= 0.3 is 0 Å². The number of anilines is 2. The van der Waals surface area contributed by atoms with Crippen molar-refractivity contribution in [2.24, 2.45) is 5.73 Å². The van der Waals surface area contributed by atoms with Crippen LogP contribution < -0.4 is 11.1 Å². The monoisotopic (exact) mass is 296 g/mol. The maximum absolute atomic E-state index is 13.9. The van der Waals surface area contributed by atoms with Gasteiger partial charge in [0.2, 0.25) is 0 Å². The number of nitrogens with one attached hydrogen (secondary N) is 1. The number of nitrogens with two attached hydrogens (primary N) is 1. The highest BCUT2D eigenvalue weighted by Crippen LogP contribution is 2.25. The number of benzene rings is 2. The lowest BCUT2D eigenvalue weighted by atomic mass is 10.1. The van der Waals surface area contributed by atoms with E-state index in [4.69, 9.17) is 5.73 Å². The second-order valence-electron chi connectivity index (χ2n) is 4.24. The van der Waals surface area contributed by atoms with Gasteiger partial charge in [0, 0.05) is 11.3 Å². The summed E-state index contributed by atoms with van der Waals surface area (Å²) in [4.78, 5) is -0.217. The van der Waals surface area contributed by atoms with Crippen LogP contribution in [0.5, 0.6) is 0 Å². The summed E-state index contributed by atoms with van der Waals surface area (Å²) in [7, 11) is 0. The molecule has 0 aliphatic carbocycles. The van der Waals surface area contributed by atoms with Crippen LogP contribution in [0.4, 0.5) is 24.5 Å². The molecule has 0 saturated heterocycles. The van der Waals surface area contributed by atoms with Crippen LogP contribution in [0.25, 0.3) is 0 Å². The highest BCUT2D eigenvalue weighted by Gasteiger charge is 2.15. The van der Waals surface area contributed by atoms with E-state index in [-0.39, 0.29) is 22.1 Å². The Kier molecular flexibility index (Phi) is 3.94. The van der Waals surface area contributed by atoms with Crippen molar-refractivity contribution in [2.75, 3.05) is 5.32 Å². The summed E-state index contributed by atoms with van der Waals surface area (Å²) in [6, 6.07) is 6.79. The lowest BCUT2D eigenvalue weighted by Gasteiger charge is -2.11. The van der Waals surface area contributed by atoms with Crippen molar-refractivity contribution in [3.63, 3.8) is 0 Å². The smallest absolute Gasteiger partial charge is 0.182 e. The molecule has 0 aliphatic rings. The topological polar surface area (TPSA) is 38.0 Å². The molecule has 0 heterocycles. The Balaban J connectivity index is 2.37. The first-order valence-corrected chi connectivity index (χ1v) is 6.12. The van der Waals surface area contributed by atoms with Gasteiger partial charge in [-0.05, 0) is 42.8 Å². The molecule has 2 aromatic carbocycles. The Hall–Kier alpha value is -2.08. The summed E-state index contributed by atoms with van der Waals surface area (Å²) in [5, 5.41) is 2.68. The molecule has 104 valence electrons. The number of halogens is 3. The van der Waals surface area contributed by atoms with E-state index in [9.17, 15) is 13.2 Å². The Morgan fingerprint density at radius 1 is 1.10 bits per heavy atom. The lowest BCUT2D eigenvalue weighted by molar-refractivity contribution is 0.510. The molecule has 0 amide bonds. The van der Waals surface area contributed by atoms with Crippen molar-refractivity contribution >= 4 is 28.6 Å². The Morgan fingerprint density at radius 3 is 2.40 bits per heavy atom. The summed E-state index contributed by atoms with van der Waals surface area (Å²) in [5.41, 5.74) is 5.90. The minimum Gasteiger partial charge on any atom is -0.389 e. The Bertz CT molecular complexity index is 686. The SMILES string of the molecule is Cc1cc(Nc2ccc(C(N)=S)c(F)c2F)ccc1F. The highest BCUT2D eigenvalue weighted by atomic mass is 32.1. The van der Waals surface area contributed by atoms with E-state index in [0.717, 1.165) is 0 Å². The second-order valence-corrected chi connectivity index (χ2v) is 4.68. The maximum atomic E-state index is 13.9. The van der Waals surface area contributed by atoms with Gasteiger partial charge in [0.05, 0.1) is 5.69 Å². The van der Waals surface area contributed by atoms with Crippen LogP contribution in [0.3, 0.4) is 0 Å². The molecular weight excluding hydrogens is 285 g/mol. The Labute approximate surface area is 119 Å². The number of rotatable bonds is 3. The molecule has 0 unspecified atom stereocenters. The minimum atomic E-state index is -1.11. The van der Waals surface area contributed by atoms with Gasteiger partial charge in [0.1, 0.15) is 10.8 Å². The summed E-state index contributed by atoms with van der Waals surface area (Å²) in [5.74, 6) is -2.57. The van der Waals surface area contributed by atoms with Gasteiger partial charge in [-0.25, -0.2) is 13.2 Å². The zero-order valence-corrected chi connectivity index (χ0v) is 11.3. The third-order valence-corrected chi connectivity index (χ3v) is 3.00. The van der Waals surface area contributed by atoms with Crippen LogP contribution in [0, 0.1) is 24.4 Å². The number of aryl methyl sites for hydroxylation is 1. The van der Waals surface area contributed by atoms with Gasteiger partial charge in [-0.1, -0.05) is 12.2 Å². The molecule has 20 heavy (non-hydrogen) atoms. The first-order chi connectivity index (χ1) is 9.40. The van der Waals surface area contributed by atoms with E-state index >= 15 is 0 Å². The van der Waals surface area contributed by atoms with Crippen molar-refractivity contribution in [3.8, 4) is 0 Å². The standard InChI is InChI=1S/C14H11F3N2S/c1-7-6-8(2-4-10(7)15)19-11-5-3-9(14(18)20)12(16)13(11)17/h2-6,19H,1H3,(H2,18,20). The molecule has 3 N–H and O–H groups in total. The molecule has 0 atom stereocenters. The summed E-state index contributed by atoms with van der Waals surface area (Å²) < 4.78 is 40.7. The predicted octanol–water partition coefficient (Wildman–Crippen LogP) is 3.79. The molecule has 0 saturated carbocycles. The van der Waals surface area contributed by atoms with Gasteiger partial charge in [0.15, 0.2) is 11.6 Å². The van der Waals surface area contributed by atoms with Gasteiger partial charge in [0.25, 0.3) is 0 Å². The molecule has 0 bridgehead atoms. The van der Waals surface area contributed by atoms with Gasteiger partial charge in [-0.2, -0.15) is 0 Å². The number of hydrogen-bond donors (Lipinski definition) is 2. The van der Waals surface area contributed by atoms with Crippen molar-refractivity contribution in [1.29, 1.82) is 0 Å². The largest absolute Gasteiger partial charge is 0.389 e. The molecule has 2 nitrogen and oxygen atoms in total. The fraction of sp³-hybridized carbons (Fsp3) is 0.0714. The molecule has 2 rings (SSSR count). The average molecular weight is 296 g/mol. The third kappa shape index (κ3) is 2.75. The van der Waals surface area contributed by atoms with Crippen LogP contribution in [0.15, 0.2) is 30.3 Å². The Morgan fingerprint density at radius 2 is 1.80 bits per heavy atom. The lowest BCUT2D eigenvalue weighted by Crippen LogP contribution is -2.13. The minimum absolute atomic E-state index is 0.0755. The molecule has 0 fully saturated rings. The molecule has 6 heteroatoms. The normalized spacial score (nSPS) is 10.4. The van der Waals surface area contributed by atoms with E-state index in [1.807, 2.05) is 0 Å². The zero-order chi connectivity index (χ0) is 14.9. The second kappa shape index (κ2) is 5.50. The van der Waals surface area contributed by atoms with Crippen molar-refractivity contribution in [1.82, 2.24) is 0 Å². The molecule has 0 aromatic heterocycles. The first-order valence-electron chi connectivity index (χ1n) is 5.71. The van der Waals surface area contributed by atoms with Crippen LogP contribution >= 0.6 is 12.2 Å². The van der Waals surface area contributed by atoms with E-state index in [1.54, 1.807) is 6.92 Å². The molecule has 0 spiro atoms. The van der Waals surface area contributed by atoms with E-state index < -0.39 is 11.6 Å². The van der Waals surface area contributed by atoms with Crippen LogP contribution in [-0.4, -0.2) is 4.99 Å². The van der Waals surface area contributed by atoms with E-state index in [2.05, 4.69) is 17.5 Å². The fourth-order valence-electron chi connectivity index (χ4n) is 1.71. The van der Waals surface area contributed by atoms with Gasteiger partial charge in [-0.15, -0.1) is 0 Å². The molecule has 2 aromatic rings. The highest BCUT2D eigenvalue weighted by molar-refractivity contribution is 7.80. The van der Waals surface area contributed by atoms with Crippen LogP contribution in [0.1, 0.15) is 11.1 Å². The first kappa shape index (κ1) is 14.3. The zero-order valence-electron chi connectivity index (χ0n) is 10.5. The van der Waals surface area contributed by atoms with Gasteiger partial charge in [-0.3, -0.25) is 0 Å². The van der Waals surface area contributed by atoms with E-state index in [1.165, 1.54) is 30.3 Å². The quantitative estimate of drug-likeness (QED) is 0.846. The number of thiocarbonyl (C=S) groups is 1. The maximum Gasteiger partial charge on any atom is 0.182 e. The van der Waals surface area contributed by atoms with Crippen molar-refractivity contribution < 1.29 is 13.2 Å². The van der Waals surface area contributed by atoms with Crippen LogP contribution in [-0.2, 0) is 0 Å². The van der Waals surface area contributed by atoms with E-state index in [0.29, 0.717) is 11.3 Å². The summed E-state index contributed by atoms with van der Waals surface area (Å²) >= 11 is 4.62. The summed E-state index contributed by atoms with van der Waals surface area (Å²) in [6.07, 6.45) is 0. The predicted molar refractivity (Wildman–Crippen MR) is 76.7 cm³/mol. The van der Waals surface area contributed by atoms with Crippen molar-refractivity contribution in [3.05, 3.63) is 58.9 Å². The average Bonchev–Trinajstić information content (AvgIpc) is 2.39.